The van der Waals surface area contributed by atoms with Crippen molar-refractivity contribution in [2.24, 2.45) is 0 Å². The van der Waals surface area contributed by atoms with Crippen LogP contribution >= 0.6 is 15.9 Å². The molecule has 2 rings (SSSR count). The number of nitrogen functional groups attached to an aromatic ring is 1. The van der Waals surface area contributed by atoms with E-state index in [1.807, 2.05) is 19.9 Å². The van der Waals surface area contributed by atoms with Gasteiger partial charge in [0.2, 0.25) is 0 Å². The molecule has 0 radical (unpaired) electrons. The summed E-state index contributed by atoms with van der Waals surface area (Å²) in [5.74, 6) is 0. The number of para-hydroxylation sites is 1. The topological polar surface area (TPSA) is 72.2 Å². The highest BCUT2D eigenvalue weighted by atomic mass is 79.9. The summed E-state index contributed by atoms with van der Waals surface area (Å²) in [6.07, 6.45) is 0. The molecule has 0 bridgehead atoms. The maximum atomic E-state index is 12.4. The fourth-order valence-corrected chi connectivity index (χ4v) is 3.47. The number of hydrogen-bond donors (Lipinski definition) is 2. The predicted octanol–water partition coefficient (Wildman–Crippen LogP) is 3.45. The lowest BCUT2D eigenvalue weighted by molar-refractivity contribution is 0.601. The lowest BCUT2D eigenvalue weighted by Gasteiger charge is -2.12. The van der Waals surface area contributed by atoms with Crippen molar-refractivity contribution in [3.63, 3.8) is 0 Å². The molecule has 20 heavy (non-hydrogen) atoms. The van der Waals surface area contributed by atoms with Crippen LogP contribution in [0.3, 0.4) is 0 Å². The van der Waals surface area contributed by atoms with E-state index >= 15 is 0 Å². The van der Waals surface area contributed by atoms with Crippen LogP contribution in [0, 0.1) is 13.8 Å². The number of hydrogen-bond acceptors (Lipinski definition) is 3. The van der Waals surface area contributed by atoms with E-state index in [-0.39, 0.29) is 4.90 Å². The Balaban J connectivity index is 2.44. The Hall–Kier alpha value is -1.53. The van der Waals surface area contributed by atoms with Gasteiger partial charge in [-0.2, -0.15) is 0 Å². The molecular weight excluding hydrogens is 340 g/mol. The summed E-state index contributed by atoms with van der Waals surface area (Å²) >= 11 is 3.31. The quantitative estimate of drug-likeness (QED) is 0.829. The SMILES string of the molecule is Cc1cc(S(=O)(=O)Nc2ccccc2Br)cc(N)c1C. The molecule has 2 aromatic carbocycles. The van der Waals surface area contributed by atoms with E-state index in [0.717, 1.165) is 11.1 Å². The van der Waals surface area contributed by atoms with Crippen molar-refractivity contribution in [1.29, 1.82) is 0 Å². The number of benzene rings is 2. The summed E-state index contributed by atoms with van der Waals surface area (Å²) in [5, 5.41) is 0. The van der Waals surface area contributed by atoms with Crippen molar-refractivity contribution in [2.75, 3.05) is 10.5 Å². The second-order valence-electron chi connectivity index (χ2n) is 4.54. The second kappa shape index (κ2) is 5.46. The van der Waals surface area contributed by atoms with Gasteiger partial charge >= 0.3 is 0 Å². The van der Waals surface area contributed by atoms with Crippen LogP contribution in [0.5, 0.6) is 0 Å². The first-order valence-electron chi connectivity index (χ1n) is 5.95. The van der Waals surface area contributed by atoms with Gasteiger partial charge in [0.25, 0.3) is 10.0 Å². The second-order valence-corrected chi connectivity index (χ2v) is 7.08. The molecule has 0 aliphatic heterocycles. The molecule has 3 N–H and O–H groups in total. The molecule has 0 aromatic heterocycles. The largest absolute Gasteiger partial charge is 0.398 e. The Morgan fingerprint density at radius 2 is 1.80 bits per heavy atom. The molecule has 0 unspecified atom stereocenters. The van der Waals surface area contributed by atoms with Gasteiger partial charge < -0.3 is 5.73 Å². The van der Waals surface area contributed by atoms with E-state index in [0.29, 0.717) is 15.8 Å². The molecule has 0 aliphatic carbocycles. The minimum absolute atomic E-state index is 0.161. The normalized spacial score (nSPS) is 11.3. The van der Waals surface area contributed by atoms with Crippen LogP contribution in [-0.2, 0) is 10.0 Å². The van der Waals surface area contributed by atoms with Gasteiger partial charge in [-0.1, -0.05) is 12.1 Å². The Bertz CT molecular complexity index is 735. The number of nitrogens with two attached hydrogens (primary N) is 1. The summed E-state index contributed by atoms with van der Waals surface area (Å²) in [4.78, 5) is 0.161. The summed E-state index contributed by atoms with van der Waals surface area (Å²) in [6, 6.07) is 10.1. The van der Waals surface area contributed by atoms with Crippen LogP contribution < -0.4 is 10.5 Å². The first kappa shape index (κ1) is 14.9. The minimum atomic E-state index is -3.66. The number of anilines is 2. The highest BCUT2D eigenvalue weighted by Crippen LogP contribution is 2.26. The number of rotatable bonds is 3. The summed E-state index contributed by atoms with van der Waals surface area (Å²) in [7, 11) is -3.66. The molecule has 0 heterocycles. The molecule has 4 nitrogen and oxygen atoms in total. The fourth-order valence-electron chi connectivity index (χ4n) is 1.76. The predicted molar refractivity (Wildman–Crippen MR) is 85.3 cm³/mol. The number of aryl methyl sites for hydroxylation is 1. The van der Waals surface area contributed by atoms with Gasteiger partial charge in [-0.15, -0.1) is 0 Å². The molecule has 0 atom stereocenters. The van der Waals surface area contributed by atoms with Crippen molar-refractivity contribution < 1.29 is 8.42 Å². The minimum Gasteiger partial charge on any atom is -0.398 e. The van der Waals surface area contributed by atoms with Crippen LogP contribution in [0.1, 0.15) is 11.1 Å². The molecule has 6 heteroatoms. The first-order valence-corrected chi connectivity index (χ1v) is 8.23. The first-order chi connectivity index (χ1) is 9.31. The zero-order chi connectivity index (χ0) is 14.9. The summed E-state index contributed by atoms with van der Waals surface area (Å²) in [6.45, 7) is 3.70. The Morgan fingerprint density at radius 3 is 2.40 bits per heavy atom. The van der Waals surface area contributed by atoms with Crippen LogP contribution in [0.2, 0.25) is 0 Å². The molecule has 0 aliphatic rings. The van der Waals surface area contributed by atoms with Gasteiger partial charge in [-0.25, -0.2) is 8.42 Å². The van der Waals surface area contributed by atoms with Crippen molar-refractivity contribution in [3.05, 3.63) is 52.0 Å². The van der Waals surface area contributed by atoms with Gasteiger partial charge in [0.05, 0.1) is 10.6 Å². The van der Waals surface area contributed by atoms with Gasteiger partial charge in [-0.3, -0.25) is 4.72 Å². The van der Waals surface area contributed by atoms with Crippen molar-refractivity contribution in [1.82, 2.24) is 0 Å². The van der Waals surface area contributed by atoms with Gasteiger partial charge in [0, 0.05) is 10.2 Å². The van der Waals surface area contributed by atoms with E-state index in [9.17, 15) is 8.42 Å². The third-order valence-corrected chi connectivity index (χ3v) is 5.15. The standard InChI is InChI=1S/C14H15BrN2O2S/c1-9-7-11(8-13(16)10(9)2)20(18,19)17-14-6-4-3-5-12(14)15/h3-8,17H,16H2,1-2H3. The summed E-state index contributed by atoms with van der Waals surface area (Å²) < 4.78 is 28.0. The molecule has 106 valence electrons. The maximum absolute atomic E-state index is 12.4. The van der Waals surface area contributed by atoms with Crippen LogP contribution in [0.15, 0.2) is 45.8 Å². The van der Waals surface area contributed by atoms with E-state index in [2.05, 4.69) is 20.7 Å². The van der Waals surface area contributed by atoms with Crippen LogP contribution in [-0.4, -0.2) is 8.42 Å². The lowest BCUT2D eigenvalue weighted by atomic mass is 10.1. The Morgan fingerprint density at radius 1 is 1.15 bits per heavy atom. The lowest BCUT2D eigenvalue weighted by Crippen LogP contribution is -2.14. The third kappa shape index (κ3) is 2.96. The van der Waals surface area contributed by atoms with E-state index in [4.69, 9.17) is 5.73 Å². The molecular formula is C14H15BrN2O2S. The third-order valence-electron chi connectivity index (χ3n) is 3.11. The monoisotopic (exact) mass is 354 g/mol. The van der Waals surface area contributed by atoms with Gasteiger partial charge in [0.15, 0.2) is 0 Å². The average molecular weight is 355 g/mol. The highest BCUT2D eigenvalue weighted by molar-refractivity contribution is 9.10. The molecule has 0 amide bonds. The summed E-state index contributed by atoms with van der Waals surface area (Å²) in [5.41, 5.74) is 8.54. The Labute approximate surface area is 127 Å². The number of halogens is 1. The van der Waals surface area contributed by atoms with E-state index in [1.165, 1.54) is 6.07 Å². The highest BCUT2D eigenvalue weighted by Gasteiger charge is 2.17. The van der Waals surface area contributed by atoms with Crippen LogP contribution in [0.25, 0.3) is 0 Å². The maximum Gasteiger partial charge on any atom is 0.262 e. The van der Waals surface area contributed by atoms with Crippen molar-refractivity contribution >= 4 is 37.3 Å². The van der Waals surface area contributed by atoms with E-state index < -0.39 is 10.0 Å². The van der Waals surface area contributed by atoms with Crippen LogP contribution in [0.4, 0.5) is 11.4 Å². The van der Waals surface area contributed by atoms with Gasteiger partial charge in [-0.05, 0) is 65.2 Å². The average Bonchev–Trinajstić information content (AvgIpc) is 2.38. The smallest absolute Gasteiger partial charge is 0.262 e. The Kier molecular flexibility index (Phi) is 4.06. The fraction of sp³-hybridized carbons (Fsp3) is 0.143. The molecule has 0 fully saturated rings. The number of sulfonamides is 1. The zero-order valence-electron chi connectivity index (χ0n) is 11.1. The molecule has 2 aromatic rings. The van der Waals surface area contributed by atoms with Crippen molar-refractivity contribution in [2.45, 2.75) is 18.7 Å². The van der Waals surface area contributed by atoms with Gasteiger partial charge in [0.1, 0.15) is 0 Å². The molecule has 0 saturated carbocycles. The molecule has 0 saturated heterocycles. The number of nitrogens with one attached hydrogen (secondary N) is 1. The van der Waals surface area contributed by atoms with Crippen molar-refractivity contribution in [3.8, 4) is 0 Å². The van der Waals surface area contributed by atoms with E-state index in [1.54, 1.807) is 24.3 Å². The zero-order valence-corrected chi connectivity index (χ0v) is 13.5. The molecule has 0 spiro atoms.